The van der Waals surface area contributed by atoms with E-state index >= 15 is 0 Å². The predicted octanol–water partition coefficient (Wildman–Crippen LogP) is 2.59. The fourth-order valence-corrected chi connectivity index (χ4v) is 3.24. The molecule has 3 heteroatoms. The number of thioether (sulfide) groups is 1. The third-order valence-corrected chi connectivity index (χ3v) is 4.96. The highest BCUT2D eigenvalue weighted by atomic mass is 32.2. The average Bonchev–Trinajstić information content (AvgIpc) is 2.26. The Labute approximate surface area is 106 Å². The molecule has 1 N–H and O–H groups in total. The molecule has 0 aromatic rings. The van der Waals surface area contributed by atoms with Gasteiger partial charge >= 0.3 is 0 Å². The summed E-state index contributed by atoms with van der Waals surface area (Å²) < 4.78 is 0. The molecule has 1 fully saturated rings. The summed E-state index contributed by atoms with van der Waals surface area (Å²) in [6, 6.07) is 1.42. The molecule has 1 rings (SSSR count). The van der Waals surface area contributed by atoms with Gasteiger partial charge in [0, 0.05) is 17.3 Å². The number of rotatable bonds is 6. The average molecular weight is 244 g/mol. The van der Waals surface area contributed by atoms with Crippen molar-refractivity contribution >= 4 is 11.8 Å². The first-order chi connectivity index (χ1) is 7.61. The van der Waals surface area contributed by atoms with E-state index in [0.717, 1.165) is 11.3 Å². The highest BCUT2D eigenvalue weighted by Gasteiger charge is 2.20. The Morgan fingerprint density at radius 2 is 2.19 bits per heavy atom. The Morgan fingerprint density at radius 3 is 2.81 bits per heavy atom. The van der Waals surface area contributed by atoms with E-state index in [2.05, 4.69) is 49.8 Å². The van der Waals surface area contributed by atoms with Crippen LogP contribution in [0, 0.1) is 0 Å². The van der Waals surface area contributed by atoms with Crippen LogP contribution in [-0.4, -0.2) is 48.1 Å². The molecule has 0 aromatic carbocycles. The number of nitrogens with one attached hydrogen (secondary N) is 1. The van der Waals surface area contributed by atoms with Crippen molar-refractivity contribution in [2.75, 3.05) is 25.9 Å². The van der Waals surface area contributed by atoms with Gasteiger partial charge in [-0.25, -0.2) is 0 Å². The summed E-state index contributed by atoms with van der Waals surface area (Å²) in [6.07, 6.45) is 4.02. The standard InChI is InChI=1S/C13H28N2S/c1-11(2)15(4)9-6-8-14-13-7-5-10-16-12(13)3/h11-14H,5-10H2,1-4H3. The van der Waals surface area contributed by atoms with Crippen LogP contribution in [0.2, 0.25) is 0 Å². The van der Waals surface area contributed by atoms with Gasteiger partial charge in [-0.1, -0.05) is 6.92 Å². The van der Waals surface area contributed by atoms with Crippen LogP contribution in [0.15, 0.2) is 0 Å². The van der Waals surface area contributed by atoms with Gasteiger partial charge in [0.05, 0.1) is 0 Å². The van der Waals surface area contributed by atoms with E-state index in [1.165, 1.54) is 38.1 Å². The van der Waals surface area contributed by atoms with Gasteiger partial charge in [0.1, 0.15) is 0 Å². The first kappa shape index (κ1) is 14.3. The van der Waals surface area contributed by atoms with Crippen LogP contribution in [0.3, 0.4) is 0 Å². The summed E-state index contributed by atoms with van der Waals surface area (Å²) in [5.74, 6) is 1.36. The zero-order chi connectivity index (χ0) is 12.0. The van der Waals surface area contributed by atoms with Gasteiger partial charge in [0.25, 0.3) is 0 Å². The first-order valence-electron chi connectivity index (χ1n) is 6.66. The molecule has 16 heavy (non-hydrogen) atoms. The number of hydrogen-bond donors (Lipinski definition) is 1. The van der Waals surface area contributed by atoms with Gasteiger partial charge in [-0.15, -0.1) is 0 Å². The third-order valence-electron chi connectivity index (χ3n) is 3.58. The zero-order valence-electron chi connectivity index (χ0n) is 11.3. The lowest BCUT2D eigenvalue weighted by molar-refractivity contribution is 0.267. The maximum Gasteiger partial charge on any atom is 0.0184 e. The molecule has 1 heterocycles. The molecule has 2 nitrogen and oxygen atoms in total. The predicted molar refractivity (Wildman–Crippen MR) is 75.3 cm³/mol. The number of hydrogen-bond acceptors (Lipinski definition) is 3. The molecule has 2 atom stereocenters. The van der Waals surface area contributed by atoms with Crippen LogP contribution in [0.1, 0.15) is 40.0 Å². The van der Waals surface area contributed by atoms with Crippen molar-refractivity contribution < 1.29 is 0 Å². The zero-order valence-corrected chi connectivity index (χ0v) is 12.1. The molecule has 0 bridgehead atoms. The summed E-state index contributed by atoms with van der Waals surface area (Å²) in [5, 5.41) is 4.52. The largest absolute Gasteiger partial charge is 0.313 e. The minimum atomic E-state index is 0.671. The summed E-state index contributed by atoms with van der Waals surface area (Å²) in [6.45, 7) is 9.26. The molecule has 0 aromatic heterocycles. The first-order valence-corrected chi connectivity index (χ1v) is 7.71. The van der Waals surface area contributed by atoms with Crippen molar-refractivity contribution in [3.63, 3.8) is 0 Å². The molecule has 0 saturated carbocycles. The molecule has 1 saturated heterocycles. The molecular weight excluding hydrogens is 216 g/mol. The highest BCUT2D eigenvalue weighted by Crippen LogP contribution is 2.24. The smallest absolute Gasteiger partial charge is 0.0184 e. The Morgan fingerprint density at radius 1 is 1.44 bits per heavy atom. The maximum atomic E-state index is 3.72. The van der Waals surface area contributed by atoms with Gasteiger partial charge in [-0.3, -0.25) is 0 Å². The second kappa shape index (κ2) is 7.57. The van der Waals surface area contributed by atoms with Crippen LogP contribution in [0.25, 0.3) is 0 Å². The number of nitrogens with zero attached hydrogens (tertiary/aromatic N) is 1. The van der Waals surface area contributed by atoms with E-state index in [-0.39, 0.29) is 0 Å². The Hall–Kier alpha value is 0.270. The van der Waals surface area contributed by atoms with Gasteiger partial charge in [0.2, 0.25) is 0 Å². The molecule has 2 unspecified atom stereocenters. The molecular formula is C13H28N2S. The summed E-state index contributed by atoms with van der Waals surface area (Å²) in [5.41, 5.74) is 0. The fourth-order valence-electron chi connectivity index (χ4n) is 2.07. The topological polar surface area (TPSA) is 15.3 Å². The van der Waals surface area contributed by atoms with E-state index in [0.29, 0.717) is 6.04 Å². The van der Waals surface area contributed by atoms with Crippen LogP contribution in [0.4, 0.5) is 0 Å². The second-order valence-corrected chi connectivity index (χ2v) is 6.69. The Bertz CT molecular complexity index is 185. The van der Waals surface area contributed by atoms with Crippen LogP contribution in [-0.2, 0) is 0 Å². The quantitative estimate of drug-likeness (QED) is 0.723. The van der Waals surface area contributed by atoms with Gasteiger partial charge in [0.15, 0.2) is 0 Å². The molecule has 0 radical (unpaired) electrons. The normalized spacial score (nSPS) is 26.6. The summed E-state index contributed by atoms with van der Waals surface area (Å²) in [4.78, 5) is 2.42. The minimum absolute atomic E-state index is 0.671. The summed E-state index contributed by atoms with van der Waals surface area (Å²) in [7, 11) is 2.21. The van der Waals surface area contributed by atoms with Gasteiger partial charge in [-0.2, -0.15) is 11.8 Å². The molecule has 0 amide bonds. The maximum absolute atomic E-state index is 3.72. The SMILES string of the molecule is CC1SCCCC1NCCCN(C)C(C)C. The molecule has 96 valence electrons. The van der Waals surface area contributed by atoms with Crippen molar-refractivity contribution in [3.05, 3.63) is 0 Å². The lowest BCUT2D eigenvalue weighted by Gasteiger charge is -2.29. The second-order valence-electron chi connectivity index (χ2n) is 5.21. The van der Waals surface area contributed by atoms with Crippen molar-refractivity contribution in [1.82, 2.24) is 10.2 Å². The van der Waals surface area contributed by atoms with E-state index in [9.17, 15) is 0 Å². The van der Waals surface area contributed by atoms with Crippen LogP contribution >= 0.6 is 11.8 Å². The Balaban J connectivity index is 2.06. The summed E-state index contributed by atoms with van der Waals surface area (Å²) >= 11 is 2.12. The van der Waals surface area contributed by atoms with E-state index < -0.39 is 0 Å². The molecule has 0 aliphatic carbocycles. The minimum Gasteiger partial charge on any atom is -0.313 e. The molecule has 0 spiro atoms. The fraction of sp³-hybridized carbons (Fsp3) is 1.00. The lowest BCUT2D eigenvalue weighted by Crippen LogP contribution is -2.40. The molecule has 1 aliphatic rings. The van der Waals surface area contributed by atoms with Crippen LogP contribution in [0.5, 0.6) is 0 Å². The monoisotopic (exact) mass is 244 g/mol. The van der Waals surface area contributed by atoms with Crippen molar-refractivity contribution in [2.24, 2.45) is 0 Å². The van der Waals surface area contributed by atoms with Gasteiger partial charge in [-0.05, 0) is 59.0 Å². The Kier molecular flexibility index (Phi) is 6.78. The van der Waals surface area contributed by atoms with E-state index in [1.54, 1.807) is 0 Å². The van der Waals surface area contributed by atoms with Crippen LogP contribution < -0.4 is 5.32 Å². The molecule has 1 aliphatic heterocycles. The van der Waals surface area contributed by atoms with Gasteiger partial charge < -0.3 is 10.2 Å². The lowest BCUT2D eigenvalue weighted by atomic mass is 10.1. The highest BCUT2D eigenvalue weighted by molar-refractivity contribution is 7.99. The van der Waals surface area contributed by atoms with E-state index in [4.69, 9.17) is 0 Å². The van der Waals surface area contributed by atoms with Crippen molar-refractivity contribution in [1.29, 1.82) is 0 Å². The third kappa shape index (κ3) is 5.07. The van der Waals surface area contributed by atoms with Crippen molar-refractivity contribution in [3.8, 4) is 0 Å². The van der Waals surface area contributed by atoms with E-state index in [1.807, 2.05) is 0 Å². The van der Waals surface area contributed by atoms with Crippen molar-refractivity contribution in [2.45, 2.75) is 57.4 Å².